The highest BCUT2D eigenvalue weighted by molar-refractivity contribution is 7.74. The van der Waals surface area contributed by atoms with Crippen LogP contribution in [0.5, 0.6) is 0 Å². The number of hydrogen-bond acceptors (Lipinski definition) is 0. The summed E-state index contributed by atoms with van der Waals surface area (Å²) in [6, 6.07) is 45.1. The van der Waals surface area contributed by atoms with Crippen LogP contribution in [0.25, 0.3) is 0 Å². The predicted octanol–water partition coefficient (Wildman–Crippen LogP) is 7.06. The van der Waals surface area contributed by atoms with E-state index in [1.54, 1.807) is 0 Å². The van der Waals surface area contributed by atoms with Gasteiger partial charge in [0.05, 0.1) is 0 Å². The zero-order chi connectivity index (χ0) is 23.3. The highest BCUT2D eigenvalue weighted by Gasteiger charge is 2.43. The number of hydrogen-bond donors (Lipinski definition) is 0. The van der Waals surface area contributed by atoms with Crippen LogP contribution in [-0.4, -0.2) is 11.3 Å². The summed E-state index contributed by atoms with van der Waals surface area (Å²) in [6.07, 6.45) is 2.73. The van der Waals surface area contributed by atoms with Crippen molar-refractivity contribution in [2.24, 2.45) is 11.8 Å². The minimum atomic E-state index is -0.378. The molecule has 2 heteroatoms. The molecule has 0 spiro atoms. The van der Waals surface area contributed by atoms with E-state index in [2.05, 4.69) is 135 Å². The topological polar surface area (TPSA) is 0 Å². The van der Waals surface area contributed by atoms with Crippen LogP contribution in [0.3, 0.4) is 0 Å². The van der Waals surface area contributed by atoms with Crippen molar-refractivity contribution in [3.05, 3.63) is 121 Å². The van der Waals surface area contributed by atoms with Gasteiger partial charge >= 0.3 is 0 Å². The second-order valence-electron chi connectivity index (χ2n) is 9.47. The molecule has 4 aromatic rings. The molecule has 4 atom stereocenters. The Balaban J connectivity index is 1.46. The Morgan fingerprint density at radius 2 is 0.676 bits per heavy atom. The van der Waals surface area contributed by atoms with Gasteiger partial charge in [0.2, 0.25) is 0 Å². The Morgan fingerprint density at radius 3 is 0.882 bits per heavy atom. The fourth-order valence-corrected chi connectivity index (χ4v) is 11.7. The van der Waals surface area contributed by atoms with Crippen molar-refractivity contribution in [2.75, 3.05) is 0 Å². The van der Waals surface area contributed by atoms with Gasteiger partial charge in [-0.2, -0.15) is 0 Å². The Kier molecular flexibility index (Phi) is 7.59. The molecule has 0 aliphatic heterocycles. The lowest BCUT2D eigenvalue weighted by Crippen LogP contribution is -2.43. The summed E-state index contributed by atoms with van der Waals surface area (Å²) in [7, 11) is -0.756. The Bertz CT molecular complexity index is 971. The number of benzene rings is 4. The Morgan fingerprint density at radius 1 is 0.441 bits per heavy atom. The normalized spacial score (nSPS) is 19.5. The van der Waals surface area contributed by atoms with Crippen LogP contribution in [0.2, 0.25) is 0 Å². The molecule has 0 amide bonds. The maximum absolute atomic E-state index is 2.54. The second kappa shape index (κ2) is 11.0. The molecule has 0 heterocycles. The Labute approximate surface area is 208 Å². The van der Waals surface area contributed by atoms with Gasteiger partial charge in [-0.25, -0.2) is 0 Å². The fraction of sp³-hybridized carbons (Fsp3) is 0.250. The lowest BCUT2D eigenvalue weighted by Gasteiger charge is -2.48. The molecule has 1 fully saturated rings. The van der Waals surface area contributed by atoms with E-state index in [1.807, 2.05) is 0 Å². The first-order valence-electron chi connectivity index (χ1n) is 12.5. The van der Waals surface area contributed by atoms with E-state index >= 15 is 0 Å². The summed E-state index contributed by atoms with van der Waals surface area (Å²) < 4.78 is 0. The minimum Gasteiger partial charge on any atom is -0.0622 e. The van der Waals surface area contributed by atoms with Crippen molar-refractivity contribution >= 4 is 37.1 Å². The molecule has 0 bridgehead atoms. The van der Waals surface area contributed by atoms with Crippen molar-refractivity contribution < 1.29 is 0 Å². The average molecular weight is 481 g/mol. The van der Waals surface area contributed by atoms with Crippen molar-refractivity contribution in [1.29, 1.82) is 0 Å². The average Bonchev–Trinajstić information content (AvgIpc) is 2.86. The maximum Gasteiger partial charge on any atom is -0.0126 e. The van der Waals surface area contributed by atoms with Crippen molar-refractivity contribution in [2.45, 2.75) is 38.0 Å². The summed E-state index contributed by atoms with van der Waals surface area (Å²) in [5.41, 5.74) is 1.34. The molecule has 4 unspecified atom stereocenters. The third kappa shape index (κ3) is 4.91. The van der Waals surface area contributed by atoms with Gasteiger partial charge in [0.15, 0.2) is 0 Å². The third-order valence-corrected chi connectivity index (χ3v) is 13.4. The SMILES string of the molecule is CC(C1CCC1C(C)P(c1ccccc1)c1ccccc1)P(c1ccccc1)c1ccccc1. The molecule has 4 aromatic carbocycles. The first-order chi connectivity index (χ1) is 16.7. The number of rotatable bonds is 8. The molecule has 1 aliphatic carbocycles. The summed E-state index contributed by atoms with van der Waals surface area (Å²) in [5.74, 6) is 1.55. The zero-order valence-electron chi connectivity index (χ0n) is 20.2. The van der Waals surface area contributed by atoms with Crippen LogP contribution in [0.4, 0.5) is 0 Å². The molecule has 34 heavy (non-hydrogen) atoms. The standard InChI is InChI=1S/C32H34P2/c1-25(33(27-15-7-3-8-16-27)28-17-9-4-10-18-28)31-23-24-32(31)26(2)34(29-19-11-5-12-20-29)30-21-13-6-14-22-30/h3-22,25-26,31-32H,23-24H2,1-2H3. The molecule has 0 aromatic heterocycles. The molecule has 0 saturated heterocycles. The summed E-state index contributed by atoms with van der Waals surface area (Å²) in [6.45, 7) is 5.09. The third-order valence-electron chi connectivity index (χ3n) is 7.57. The fourth-order valence-electron chi connectivity index (χ4n) is 5.73. The largest absolute Gasteiger partial charge is 0.0622 e. The highest BCUT2D eigenvalue weighted by atomic mass is 31.1. The molecule has 1 aliphatic rings. The lowest BCUT2D eigenvalue weighted by molar-refractivity contribution is 0.174. The molecule has 0 radical (unpaired) electrons. The van der Waals surface area contributed by atoms with Crippen LogP contribution in [0.15, 0.2) is 121 Å². The molecule has 1 saturated carbocycles. The quantitative estimate of drug-likeness (QED) is 0.237. The maximum atomic E-state index is 2.54. The van der Waals surface area contributed by atoms with Gasteiger partial charge in [0.1, 0.15) is 0 Å². The zero-order valence-corrected chi connectivity index (χ0v) is 22.0. The van der Waals surface area contributed by atoms with Gasteiger partial charge in [-0.3, -0.25) is 0 Å². The van der Waals surface area contributed by atoms with Gasteiger partial charge in [-0.05, 0) is 73.1 Å². The van der Waals surface area contributed by atoms with Crippen molar-refractivity contribution in [1.82, 2.24) is 0 Å². The molecular weight excluding hydrogens is 446 g/mol. The molecule has 172 valence electrons. The second-order valence-corrected chi connectivity index (χ2v) is 14.6. The van der Waals surface area contributed by atoms with Crippen LogP contribution in [0.1, 0.15) is 26.7 Å². The van der Waals surface area contributed by atoms with E-state index in [1.165, 1.54) is 34.1 Å². The Hall–Kier alpha value is -2.26. The summed E-state index contributed by atoms with van der Waals surface area (Å²) in [4.78, 5) is 0. The predicted molar refractivity (Wildman–Crippen MR) is 153 cm³/mol. The van der Waals surface area contributed by atoms with Crippen LogP contribution in [-0.2, 0) is 0 Å². The van der Waals surface area contributed by atoms with Gasteiger partial charge in [-0.1, -0.05) is 135 Å². The van der Waals surface area contributed by atoms with E-state index in [0.717, 1.165) is 11.8 Å². The van der Waals surface area contributed by atoms with Crippen LogP contribution >= 0.6 is 15.8 Å². The summed E-state index contributed by atoms with van der Waals surface area (Å²) in [5, 5.41) is 6.07. The first kappa shape index (κ1) is 23.5. The molecule has 5 rings (SSSR count). The van der Waals surface area contributed by atoms with Gasteiger partial charge in [-0.15, -0.1) is 0 Å². The van der Waals surface area contributed by atoms with E-state index in [0.29, 0.717) is 11.3 Å². The van der Waals surface area contributed by atoms with Gasteiger partial charge < -0.3 is 0 Å². The van der Waals surface area contributed by atoms with Crippen LogP contribution in [0, 0.1) is 11.8 Å². The lowest BCUT2D eigenvalue weighted by atomic mass is 9.70. The molecular formula is C32H34P2. The molecule has 0 nitrogen and oxygen atoms in total. The first-order valence-corrected chi connectivity index (χ1v) is 15.3. The van der Waals surface area contributed by atoms with E-state index in [9.17, 15) is 0 Å². The van der Waals surface area contributed by atoms with Crippen molar-refractivity contribution in [3.63, 3.8) is 0 Å². The van der Waals surface area contributed by atoms with Crippen molar-refractivity contribution in [3.8, 4) is 0 Å². The van der Waals surface area contributed by atoms with Crippen LogP contribution < -0.4 is 21.2 Å². The minimum absolute atomic E-state index is 0.378. The van der Waals surface area contributed by atoms with Gasteiger partial charge in [0, 0.05) is 0 Å². The smallest absolute Gasteiger partial charge is 0.0126 e. The summed E-state index contributed by atoms with van der Waals surface area (Å²) >= 11 is 0. The van der Waals surface area contributed by atoms with E-state index < -0.39 is 0 Å². The van der Waals surface area contributed by atoms with Gasteiger partial charge in [0.25, 0.3) is 0 Å². The molecule has 0 N–H and O–H groups in total. The monoisotopic (exact) mass is 480 g/mol. The van der Waals surface area contributed by atoms with E-state index in [-0.39, 0.29) is 15.8 Å². The van der Waals surface area contributed by atoms with E-state index in [4.69, 9.17) is 0 Å². The highest BCUT2D eigenvalue weighted by Crippen LogP contribution is 2.57.